The fourth-order valence-electron chi connectivity index (χ4n) is 2.36. The average Bonchev–Trinajstić information content (AvgIpc) is 3.01. The molecule has 0 aliphatic carbocycles. The van der Waals surface area contributed by atoms with Crippen molar-refractivity contribution in [1.82, 2.24) is 0 Å². The fourth-order valence-corrected chi connectivity index (χ4v) is 2.36. The van der Waals surface area contributed by atoms with Crippen molar-refractivity contribution in [2.75, 3.05) is 25.2 Å². The zero-order valence-electron chi connectivity index (χ0n) is 11.2. The Kier molecular flexibility index (Phi) is 3.20. The molecule has 0 N–H and O–H groups in total. The molecule has 1 amide bonds. The molecule has 1 atom stereocenters. The summed E-state index contributed by atoms with van der Waals surface area (Å²) in [6, 6.07) is 5.74. The van der Waals surface area contributed by atoms with Gasteiger partial charge in [0.15, 0.2) is 0 Å². The third kappa shape index (κ3) is 2.06. The number of hydrogen-bond donors (Lipinski definition) is 0. The normalized spacial score (nSPS) is 18.6. The number of nitrogens with zero attached hydrogens (tertiary/aromatic N) is 1. The van der Waals surface area contributed by atoms with Gasteiger partial charge in [0.05, 0.1) is 18.8 Å². The summed E-state index contributed by atoms with van der Waals surface area (Å²) in [6.45, 7) is 4.57. The zero-order chi connectivity index (χ0) is 14.1. The van der Waals surface area contributed by atoms with Crippen LogP contribution in [0.5, 0.6) is 0 Å². The topological polar surface area (TPSA) is 51.9 Å². The lowest BCUT2D eigenvalue weighted by Crippen LogP contribution is -2.25. The van der Waals surface area contributed by atoms with E-state index in [2.05, 4.69) is 6.58 Å². The summed E-state index contributed by atoms with van der Waals surface area (Å²) in [5, 5.41) is 0.880. The second-order valence-electron chi connectivity index (χ2n) is 4.65. The standard InChI is InChI=1S/C15H15NO4/c1-3-10-4-5-12-13(9-19-14(12)6-10)16-7-11(8-18-2)20-15(16)17/h3-6,9,11H,1,7-8H2,2H3. The van der Waals surface area contributed by atoms with Gasteiger partial charge in [0.25, 0.3) is 0 Å². The summed E-state index contributed by atoms with van der Waals surface area (Å²) in [4.78, 5) is 13.5. The Hall–Kier alpha value is -2.27. The molecule has 1 aliphatic heterocycles. The van der Waals surface area contributed by atoms with Gasteiger partial charge >= 0.3 is 6.09 Å². The van der Waals surface area contributed by atoms with E-state index in [0.717, 1.165) is 22.2 Å². The molecule has 1 saturated heterocycles. The second-order valence-corrected chi connectivity index (χ2v) is 4.65. The first kappa shape index (κ1) is 12.7. The first-order chi connectivity index (χ1) is 9.72. The lowest BCUT2D eigenvalue weighted by molar-refractivity contribution is 0.0718. The van der Waals surface area contributed by atoms with Crippen molar-refractivity contribution in [2.24, 2.45) is 0 Å². The maximum atomic E-state index is 11.9. The van der Waals surface area contributed by atoms with Crippen LogP contribution in [0.2, 0.25) is 0 Å². The SMILES string of the molecule is C=Cc1ccc2c(N3CC(COC)OC3=O)coc2c1. The molecule has 0 bridgehead atoms. The Morgan fingerprint density at radius 1 is 1.55 bits per heavy atom. The van der Waals surface area contributed by atoms with Crippen LogP contribution in [0.4, 0.5) is 10.5 Å². The predicted molar refractivity (Wildman–Crippen MR) is 75.8 cm³/mol. The van der Waals surface area contributed by atoms with Crippen molar-refractivity contribution in [3.63, 3.8) is 0 Å². The molecule has 104 valence electrons. The molecule has 1 aromatic carbocycles. The van der Waals surface area contributed by atoms with Crippen LogP contribution >= 0.6 is 0 Å². The summed E-state index contributed by atoms with van der Waals surface area (Å²) >= 11 is 0. The molecule has 1 aromatic heterocycles. The quantitative estimate of drug-likeness (QED) is 0.859. The summed E-state index contributed by atoms with van der Waals surface area (Å²) in [5.74, 6) is 0. The van der Waals surface area contributed by atoms with Crippen molar-refractivity contribution < 1.29 is 18.7 Å². The van der Waals surface area contributed by atoms with Crippen LogP contribution in [0.25, 0.3) is 17.0 Å². The van der Waals surface area contributed by atoms with Crippen LogP contribution in [0.3, 0.4) is 0 Å². The molecule has 0 saturated carbocycles. The van der Waals surface area contributed by atoms with E-state index in [-0.39, 0.29) is 12.2 Å². The highest BCUT2D eigenvalue weighted by Crippen LogP contribution is 2.32. The molecule has 2 aromatic rings. The van der Waals surface area contributed by atoms with E-state index >= 15 is 0 Å². The number of methoxy groups -OCH3 is 1. The van der Waals surface area contributed by atoms with Crippen molar-refractivity contribution in [3.05, 3.63) is 36.6 Å². The van der Waals surface area contributed by atoms with Gasteiger partial charge < -0.3 is 13.9 Å². The number of furan rings is 1. The number of carbonyl (C=O) groups is 1. The van der Waals surface area contributed by atoms with Crippen LogP contribution < -0.4 is 4.90 Å². The third-order valence-corrected chi connectivity index (χ3v) is 3.33. The van der Waals surface area contributed by atoms with E-state index in [1.807, 2.05) is 18.2 Å². The summed E-state index contributed by atoms with van der Waals surface area (Å²) in [5.41, 5.74) is 2.42. The molecule has 20 heavy (non-hydrogen) atoms. The second kappa shape index (κ2) is 5.02. The molecule has 2 heterocycles. The number of amides is 1. The zero-order valence-corrected chi connectivity index (χ0v) is 11.2. The Morgan fingerprint density at radius 3 is 3.15 bits per heavy atom. The van der Waals surface area contributed by atoms with Gasteiger partial charge in [-0.15, -0.1) is 0 Å². The smallest absolute Gasteiger partial charge is 0.414 e. The number of anilines is 1. The van der Waals surface area contributed by atoms with Crippen LogP contribution in [0.1, 0.15) is 5.56 Å². The van der Waals surface area contributed by atoms with Gasteiger partial charge in [-0.1, -0.05) is 18.7 Å². The van der Waals surface area contributed by atoms with Crippen LogP contribution in [-0.2, 0) is 9.47 Å². The van der Waals surface area contributed by atoms with Gasteiger partial charge in [-0.25, -0.2) is 4.79 Å². The van der Waals surface area contributed by atoms with Crippen molar-refractivity contribution >= 4 is 28.8 Å². The monoisotopic (exact) mass is 273 g/mol. The molecule has 1 aliphatic rings. The Morgan fingerprint density at radius 2 is 2.40 bits per heavy atom. The van der Waals surface area contributed by atoms with Gasteiger partial charge in [-0.2, -0.15) is 0 Å². The molecule has 0 spiro atoms. The lowest BCUT2D eigenvalue weighted by atomic mass is 10.1. The molecule has 5 nitrogen and oxygen atoms in total. The van der Waals surface area contributed by atoms with Crippen molar-refractivity contribution in [3.8, 4) is 0 Å². The highest BCUT2D eigenvalue weighted by Gasteiger charge is 2.34. The largest absolute Gasteiger partial charge is 0.462 e. The molecular formula is C15H15NO4. The number of rotatable bonds is 4. The van der Waals surface area contributed by atoms with Gasteiger partial charge in [0.2, 0.25) is 0 Å². The maximum Gasteiger partial charge on any atom is 0.414 e. The van der Waals surface area contributed by atoms with E-state index in [1.54, 1.807) is 24.3 Å². The third-order valence-electron chi connectivity index (χ3n) is 3.33. The molecule has 1 unspecified atom stereocenters. The van der Waals surface area contributed by atoms with Crippen LogP contribution in [-0.4, -0.2) is 32.5 Å². The Bertz CT molecular complexity index is 661. The van der Waals surface area contributed by atoms with Gasteiger partial charge in [0, 0.05) is 12.5 Å². The lowest BCUT2D eigenvalue weighted by Gasteiger charge is -2.10. The number of fused-ring (bicyclic) bond motifs is 1. The molecule has 5 heteroatoms. The number of ether oxygens (including phenoxy) is 2. The van der Waals surface area contributed by atoms with Gasteiger partial charge in [0.1, 0.15) is 18.0 Å². The average molecular weight is 273 g/mol. The highest BCUT2D eigenvalue weighted by molar-refractivity contribution is 6.01. The number of carbonyl (C=O) groups excluding carboxylic acids is 1. The Balaban J connectivity index is 1.94. The van der Waals surface area contributed by atoms with Crippen molar-refractivity contribution in [1.29, 1.82) is 0 Å². The highest BCUT2D eigenvalue weighted by atomic mass is 16.6. The molecular weight excluding hydrogens is 258 g/mol. The molecule has 1 fully saturated rings. The van der Waals surface area contributed by atoms with E-state index in [1.165, 1.54) is 0 Å². The van der Waals surface area contributed by atoms with E-state index in [0.29, 0.717) is 13.2 Å². The van der Waals surface area contributed by atoms with E-state index in [4.69, 9.17) is 13.9 Å². The maximum absolute atomic E-state index is 11.9. The minimum Gasteiger partial charge on any atom is -0.462 e. The van der Waals surface area contributed by atoms with Gasteiger partial charge in [-0.05, 0) is 17.7 Å². The van der Waals surface area contributed by atoms with Crippen LogP contribution in [0.15, 0.2) is 35.5 Å². The van der Waals surface area contributed by atoms with E-state index < -0.39 is 0 Å². The first-order valence-corrected chi connectivity index (χ1v) is 6.33. The van der Waals surface area contributed by atoms with Crippen molar-refractivity contribution in [2.45, 2.75) is 6.10 Å². The van der Waals surface area contributed by atoms with E-state index in [9.17, 15) is 4.79 Å². The number of cyclic esters (lactones) is 1. The summed E-state index contributed by atoms with van der Waals surface area (Å²) in [7, 11) is 1.58. The minimum atomic E-state index is -0.373. The Labute approximate surface area is 116 Å². The van der Waals surface area contributed by atoms with Crippen LogP contribution in [0, 0.1) is 0 Å². The number of hydrogen-bond acceptors (Lipinski definition) is 4. The van der Waals surface area contributed by atoms with Gasteiger partial charge in [-0.3, -0.25) is 4.90 Å². The molecule has 0 radical (unpaired) electrons. The first-order valence-electron chi connectivity index (χ1n) is 6.33. The summed E-state index contributed by atoms with van der Waals surface area (Å²) in [6.07, 6.45) is 2.71. The predicted octanol–water partition coefficient (Wildman–Crippen LogP) is 3.05. The number of benzene rings is 1. The fraction of sp³-hybridized carbons (Fsp3) is 0.267. The molecule has 3 rings (SSSR count). The summed E-state index contributed by atoms with van der Waals surface area (Å²) < 4.78 is 15.8. The minimum absolute atomic E-state index is 0.245.